The van der Waals surface area contributed by atoms with Crippen LogP contribution in [-0.4, -0.2) is 32.9 Å². The van der Waals surface area contributed by atoms with E-state index >= 15 is 0 Å². The number of nitrogens with zero attached hydrogens (tertiary/aromatic N) is 1. The Morgan fingerprint density at radius 1 is 0.778 bits per heavy atom. The van der Waals surface area contributed by atoms with Gasteiger partial charge in [-0.25, -0.2) is 4.79 Å². The van der Waals surface area contributed by atoms with Crippen LogP contribution in [-0.2, 0) is 9.63 Å². The Morgan fingerprint density at radius 3 is 1.70 bits per heavy atom. The van der Waals surface area contributed by atoms with E-state index in [9.17, 15) is 9.59 Å². The maximum atomic E-state index is 12.8. The highest BCUT2D eigenvalue weighted by atomic mass is 35.6. The van der Waals surface area contributed by atoms with E-state index in [0.717, 1.165) is 64.2 Å². The molecule has 2 fully saturated rings. The summed E-state index contributed by atoms with van der Waals surface area (Å²) < 4.78 is -2.18. The first-order valence-electron chi connectivity index (χ1n) is 10.3. The lowest BCUT2D eigenvalue weighted by Crippen LogP contribution is -2.51. The molecule has 0 heterocycles. The molecule has 1 N–H and O–H groups in total. The molecule has 0 bridgehead atoms. The number of imide groups is 1. The SMILES string of the molecule is O=C(NC(=O)C(Cl)(Cl)Cl)N(OC1CCCCCCC1)C1CCCCCCC1. The maximum absolute atomic E-state index is 12.8. The molecule has 0 aromatic rings. The summed E-state index contributed by atoms with van der Waals surface area (Å²) >= 11 is 16.8. The summed E-state index contributed by atoms with van der Waals surface area (Å²) in [5.41, 5.74) is 0. The van der Waals surface area contributed by atoms with Gasteiger partial charge in [0.25, 0.3) is 9.70 Å². The van der Waals surface area contributed by atoms with Crippen molar-refractivity contribution in [3.8, 4) is 0 Å². The van der Waals surface area contributed by atoms with E-state index in [-0.39, 0.29) is 12.1 Å². The molecule has 27 heavy (non-hydrogen) atoms. The standard InChI is InChI=1S/C19H31Cl3N2O3/c20-19(21,22)17(25)23-18(26)24(15-11-7-3-1-4-8-12-15)27-16-13-9-5-2-6-10-14-16/h15-16H,1-14H2,(H,23,25,26). The summed E-state index contributed by atoms with van der Waals surface area (Å²) in [6.07, 6.45) is 15.0. The second-order valence-electron chi connectivity index (χ2n) is 7.65. The van der Waals surface area contributed by atoms with E-state index in [1.165, 1.54) is 30.7 Å². The average molecular weight is 442 g/mol. The van der Waals surface area contributed by atoms with Gasteiger partial charge in [0.2, 0.25) is 0 Å². The van der Waals surface area contributed by atoms with Gasteiger partial charge in [-0.2, -0.15) is 5.06 Å². The normalized spacial score (nSPS) is 21.4. The average Bonchev–Trinajstić information content (AvgIpc) is 2.53. The quantitative estimate of drug-likeness (QED) is 0.428. The number of carbonyl (C=O) groups is 2. The van der Waals surface area contributed by atoms with Gasteiger partial charge in [-0.05, 0) is 25.7 Å². The zero-order valence-electron chi connectivity index (χ0n) is 15.9. The molecule has 0 unspecified atom stereocenters. The lowest BCUT2D eigenvalue weighted by Gasteiger charge is -2.35. The largest absolute Gasteiger partial charge is 0.348 e. The predicted octanol–water partition coefficient (Wildman–Crippen LogP) is 6.05. The molecule has 5 nitrogen and oxygen atoms in total. The molecule has 2 saturated carbocycles. The van der Waals surface area contributed by atoms with Gasteiger partial charge in [0.1, 0.15) is 0 Å². The Morgan fingerprint density at radius 2 is 1.22 bits per heavy atom. The van der Waals surface area contributed by atoms with Crippen molar-refractivity contribution in [2.45, 2.75) is 106 Å². The molecule has 8 heteroatoms. The van der Waals surface area contributed by atoms with Crippen molar-refractivity contribution in [1.82, 2.24) is 10.4 Å². The number of alkyl halides is 3. The minimum absolute atomic E-state index is 0.00986. The van der Waals surface area contributed by atoms with Gasteiger partial charge in [-0.15, -0.1) is 0 Å². The number of nitrogens with one attached hydrogen (secondary N) is 1. The summed E-state index contributed by atoms with van der Waals surface area (Å²) in [6.45, 7) is 0. The van der Waals surface area contributed by atoms with E-state index in [1.54, 1.807) is 0 Å². The third-order valence-corrected chi connectivity index (χ3v) is 5.91. The highest BCUT2D eigenvalue weighted by Gasteiger charge is 2.36. The van der Waals surface area contributed by atoms with E-state index in [2.05, 4.69) is 5.32 Å². The fraction of sp³-hybridized carbons (Fsp3) is 0.895. The van der Waals surface area contributed by atoms with Gasteiger partial charge in [-0.3, -0.25) is 14.9 Å². The Kier molecular flexibility index (Phi) is 9.98. The van der Waals surface area contributed by atoms with Crippen molar-refractivity contribution in [3.05, 3.63) is 0 Å². The first-order valence-corrected chi connectivity index (χ1v) is 11.4. The summed E-state index contributed by atoms with van der Waals surface area (Å²) in [5, 5.41) is 3.58. The van der Waals surface area contributed by atoms with Crippen LogP contribution in [0.4, 0.5) is 4.79 Å². The molecule has 2 aliphatic carbocycles. The molecule has 156 valence electrons. The van der Waals surface area contributed by atoms with Crippen molar-refractivity contribution in [1.29, 1.82) is 0 Å². The predicted molar refractivity (Wildman–Crippen MR) is 109 cm³/mol. The van der Waals surface area contributed by atoms with Crippen LogP contribution in [0.2, 0.25) is 0 Å². The number of halogens is 3. The minimum Gasteiger partial charge on any atom is -0.272 e. The molecule has 0 spiro atoms. The minimum atomic E-state index is -2.18. The van der Waals surface area contributed by atoms with E-state index in [1.807, 2.05) is 0 Å². The van der Waals surface area contributed by atoms with Gasteiger partial charge in [0.05, 0.1) is 12.1 Å². The number of urea groups is 1. The van der Waals surface area contributed by atoms with Crippen LogP contribution < -0.4 is 5.32 Å². The second kappa shape index (κ2) is 11.7. The van der Waals surface area contributed by atoms with E-state index in [0.29, 0.717) is 0 Å². The first-order chi connectivity index (χ1) is 12.9. The smallest absolute Gasteiger partial charge is 0.272 e. The third kappa shape index (κ3) is 8.35. The third-order valence-electron chi connectivity index (χ3n) is 5.40. The van der Waals surface area contributed by atoms with Crippen molar-refractivity contribution in [2.75, 3.05) is 0 Å². The van der Waals surface area contributed by atoms with Gasteiger partial charge in [0.15, 0.2) is 0 Å². The summed E-state index contributed by atoms with van der Waals surface area (Å²) in [5.74, 6) is -0.949. The summed E-state index contributed by atoms with van der Waals surface area (Å²) in [4.78, 5) is 31.0. The van der Waals surface area contributed by atoms with Gasteiger partial charge in [-0.1, -0.05) is 99.0 Å². The first kappa shape index (κ1) is 23.1. The lowest BCUT2D eigenvalue weighted by atomic mass is 9.96. The number of carbonyl (C=O) groups excluding carboxylic acids is 2. The molecular formula is C19H31Cl3N2O3. The lowest BCUT2D eigenvalue weighted by molar-refractivity contribution is -0.191. The molecule has 0 aromatic heterocycles. The number of rotatable bonds is 3. The van der Waals surface area contributed by atoms with Gasteiger partial charge < -0.3 is 0 Å². The summed E-state index contributed by atoms with van der Waals surface area (Å²) in [6, 6.07) is -0.683. The molecule has 2 rings (SSSR count). The Balaban J connectivity index is 2.08. The maximum Gasteiger partial charge on any atom is 0.348 e. The molecule has 2 aliphatic rings. The Labute approximate surface area is 177 Å². The zero-order chi connectivity index (χ0) is 19.7. The van der Waals surface area contributed by atoms with Crippen LogP contribution in [0.3, 0.4) is 0 Å². The van der Waals surface area contributed by atoms with Crippen LogP contribution in [0.25, 0.3) is 0 Å². The van der Waals surface area contributed by atoms with Gasteiger partial charge in [0, 0.05) is 0 Å². The summed E-state index contributed by atoms with van der Waals surface area (Å²) in [7, 11) is 0. The topological polar surface area (TPSA) is 58.6 Å². The fourth-order valence-electron chi connectivity index (χ4n) is 3.88. The number of hydroxylamine groups is 2. The molecule has 0 atom stereocenters. The van der Waals surface area contributed by atoms with Crippen LogP contribution in [0.5, 0.6) is 0 Å². The molecular weight excluding hydrogens is 411 g/mol. The molecule has 3 amide bonds. The number of hydrogen-bond acceptors (Lipinski definition) is 3. The monoisotopic (exact) mass is 440 g/mol. The van der Waals surface area contributed by atoms with Crippen molar-refractivity contribution in [3.63, 3.8) is 0 Å². The number of hydrogen-bond donors (Lipinski definition) is 1. The zero-order valence-corrected chi connectivity index (χ0v) is 18.1. The van der Waals surface area contributed by atoms with Crippen LogP contribution in [0, 0.1) is 0 Å². The van der Waals surface area contributed by atoms with Crippen LogP contribution in [0.1, 0.15) is 89.9 Å². The Bertz CT molecular complexity index is 469. The second-order valence-corrected chi connectivity index (χ2v) is 9.94. The highest BCUT2D eigenvalue weighted by Crippen LogP contribution is 2.28. The van der Waals surface area contributed by atoms with Crippen molar-refractivity contribution < 1.29 is 14.4 Å². The Hall–Kier alpha value is -0.230. The van der Waals surface area contributed by atoms with Crippen LogP contribution >= 0.6 is 34.8 Å². The molecule has 0 radical (unpaired) electrons. The van der Waals surface area contributed by atoms with E-state index < -0.39 is 15.7 Å². The number of amides is 3. The molecule has 0 aliphatic heterocycles. The van der Waals surface area contributed by atoms with Gasteiger partial charge >= 0.3 is 6.03 Å². The van der Waals surface area contributed by atoms with E-state index in [4.69, 9.17) is 39.6 Å². The van der Waals surface area contributed by atoms with Crippen LogP contribution in [0.15, 0.2) is 0 Å². The molecule has 0 saturated heterocycles. The highest BCUT2D eigenvalue weighted by molar-refractivity contribution is 6.76. The molecule has 0 aromatic carbocycles. The fourth-order valence-corrected chi connectivity index (χ4v) is 4.02. The van der Waals surface area contributed by atoms with Crippen molar-refractivity contribution >= 4 is 46.7 Å². The van der Waals surface area contributed by atoms with Crippen molar-refractivity contribution in [2.24, 2.45) is 0 Å².